The van der Waals surface area contributed by atoms with Crippen LogP contribution in [0.4, 0.5) is 11.4 Å². The van der Waals surface area contributed by atoms with Crippen LogP contribution in [0.2, 0.25) is 0 Å². The number of sulfonamides is 2. The molecule has 0 saturated carbocycles. The summed E-state index contributed by atoms with van der Waals surface area (Å²) in [4.78, 5) is 27.2. The Balaban J connectivity index is 1.80. The van der Waals surface area contributed by atoms with Crippen LogP contribution in [-0.2, 0) is 30.3 Å². The molecule has 0 amide bonds. The molecule has 2 aromatic carbocycles. The number of carbonyl (C=O) groups is 2. The lowest BCUT2D eigenvalue weighted by molar-refractivity contribution is -0.125. The number of carbonyl (C=O) groups excluding carboxylic acids is 2. The molecular formula is C25H29N3O6S2. The molecule has 2 atom stereocenters. The number of nitrogens with one attached hydrogen (secondary N) is 1. The Hall–Kier alpha value is -3.05. The van der Waals surface area contributed by atoms with Gasteiger partial charge in [0.2, 0.25) is 10.0 Å². The highest BCUT2D eigenvalue weighted by molar-refractivity contribution is 7.92. The minimum atomic E-state index is -4.33. The number of hydrogen-bond acceptors (Lipinski definition) is 7. The Bertz CT molecular complexity index is 1510. The van der Waals surface area contributed by atoms with Crippen molar-refractivity contribution in [2.75, 3.05) is 22.9 Å². The van der Waals surface area contributed by atoms with Gasteiger partial charge in [-0.2, -0.15) is 8.42 Å². The van der Waals surface area contributed by atoms with E-state index in [1.807, 2.05) is 0 Å². The van der Waals surface area contributed by atoms with Crippen molar-refractivity contribution in [3.8, 4) is 0 Å². The average molecular weight is 532 g/mol. The SMILES string of the molecule is CC(C)CC[C@@]1(C)C(=O)C(C2=NS(=O)(=O)c3cc(N(C)S(C)(=O)=O)ccc3N2)C(=O)c2ccccc21. The molecule has 0 bridgehead atoms. The molecule has 0 radical (unpaired) electrons. The van der Waals surface area contributed by atoms with E-state index in [0.29, 0.717) is 23.5 Å². The van der Waals surface area contributed by atoms with Gasteiger partial charge < -0.3 is 5.32 Å². The van der Waals surface area contributed by atoms with Crippen molar-refractivity contribution >= 4 is 48.8 Å². The summed E-state index contributed by atoms with van der Waals surface area (Å²) in [7, 11) is -6.64. The van der Waals surface area contributed by atoms with E-state index >= 15 is 0 Å². The number of rotatable bonds is 6. The van der Waals surface area contributed by atoms with Crippen LogP contribution in [0.25, 0.3) is 0 Å². The molecule has 1 aliphatic heterocycles. The molecule has 1 unspecified atom stereocenters. The van der Waals surface area contributed by atoms with Gasteiger partial charge >= 0.3 is 0 Å². The van der Waals surface area contributed by atoms with Crippen molar-refractivity contribution in [2.24, 2.45) is 16.2 Å². The molecule has 4 rings (SSSR count). The predicted octanol–water partition coefficient (Wildman–Crippen LogP) is 3.37. The summed E-state index contributed by atoms with van der Waals surface area (Å²) in [5.74, 6) is -2.22. The molecule has 2 aliphatic rings. The molecule has 192 valence electrons. The molecule has 11 heteroatoms. The van der Waals surface area contributed by atoms with Crippen molar-refractivity contribution in [3.05, 3.63) is 53.6 Å². The Morgan fingerprint density at radius 2 is 1.81 bits per heavy atom. The molecular weight excluding hydrogens is 502 g/mol. The normalized spacial score (nSPS) is 22.9. The second-order valence-electron chi connectivity index (χ2n) is 9.96. The minimum absolute atomic E-state index is 0.119. The number of Topliss-reactive ketones (excluding diaryl/α,β-unsaturated/α-hetero) is 2. The molecule has 1 heterocycles. The van der Waals surface area contributed by atoms with Crippen molar-refractivity contribution < 1.29 is 26.4 Å². The molecule has 2 aromatic rings. The zero-order valence-corrected chi connectivity index (χ0v) is 22.4. The molecule has 1 aliphatic carbocycles. The topological polar surface area (TPSA) is 130 Å². The van der Waals surface area contributed by atoms with Gasteiger partial charge in [-0.05, 0) is 49.4 Å². The number of ketones is 2. The van der Waals surface area contributed by atoms with E-state index in [4.69, 9.17) is 0 Å². The maximum atomic E-state index is 13.9. The fourth-order valence-corrected chi connectivity index (χ4v) is 6.34. The molecule has 0 saturated heterocycles. The second-order valence-corrected chi connectivity index (χ2v) is 13.5. The second kappa shape index (κ2) is 8.81. The zero-order valence-electron chi connectivity index (χ0n) is 20.8. The third-order valence-electron chi connectivity index (χ3n) is 6.94. The largest absolute Gasteiger partial charge is 0.341 e. The Morgan fingerprint density at radius 3 is 2.44 bits per heavy atom. The van der Waals surface area contributed by atoms with E-state index < -0.39 is 42.9 Å². The van der Waals surface area contributed by atoms with Crippen molar-refractivity contribution in [1.29, 1.82) is 0 Å². The summed E-state index contributed by atoms with van der Waals surface area (Å²) in [6, 6.07) is 11.0. The fraction of sp³-hybridized carbons (Fsp3) is 0.400. The Labute approximate surface area is 211 Å². The van der Waals surface area contributed by atoms with Gasteiger partial charge in [0.1, 0.15) is 16.6 Å². The van der Waals surface area contributed by atoms with Crippen LogP contribution in [0.3, 0.4) is 0 Å². The number of anilines is 2. The summed E-state index contributed by atoms with van der Waals surface area (Å²) < 4.78 is 54.9. The van der Waals surface area contributed by atoms with Gasteiger partial charge in [-0.15, -0.1) is 4.40 Å². The van der Waals surface area contributed by atoms with Gasteiger partial charge in [0.25, 0.3) is 10.0 Å². The standard InChI is InChI=1S/C25H29N3O6S2/c1-15(2)12-13-25(3)18-9-7-6-8-17(18)22(29)21(23(25)30)24-26-19-11-10-16(28(4)35(5,31)32)14-20(19)36(33,34)27-24/h6-11,14-15,21H,12-13H2,1-5H3,(H,26,27)/t21?,25-/m1/s1. The van der Waals surface area contributed by atoms with E-state index in [1.54, 1.807) is 31.2 Å². The van der Waals surface area contributed by atoms with Crippen LogP contribution in [-0.4, -0.2) is 47.5 Å². The maximum Gasteiger partial charge on any atom is 0.286 e. The Morgan fingerprint density at radius 1 is 1.14 bits per heavy atom. The fourth-order valence-electron chi connectivity index (χ4n) is 4.67. The third-order valence-corrected chi connectivity index (χ3v) is 9.47. The lowest BCUT2D eigenvalue weighted by Gasteiger charge is -2.39. The van der Waals surface area contributed by atoms with E-state index in [-0.39, 0.29) is 22.1 Å². The van der Waals surface area contributed by atoms with Gasteiger partial charge in [-0.25, -0.2) is 8.42 Å². The summed E-state index contributed by atoms with van der Waals surface area (Å²) >= 11 is 0. The number of nitrogens with zero attached hydrogens (tertiary/aromatic N) is 2. The molecule has 1 N–H and O–H groups in total. The molecule has 0 aromatic heterocycles. The molecule has 0 spiro atoms. The molecule has 9 nitrogen and oxygen atoms in total. The monoisotopic (exact) mass is 531 g/mol. The van der Waals surface area contributed by atoms with Gasteiger partial charge in [-0.1, -0.05) is 38.1 Å². The zero-order chi connectivity index (χ0) is 26.6. The molecule has 36 heavy (non-hydrogen) atoms. The van der Waals surface area contributed by atoms with Crippen LogP contribution in [0.5, 0.6) is 0 Å². The minimum Gasteiger partial charge on any atom is -0.341 e. The van der Waals surface area contributed by atoms with Crippen molar-refractivity contribution in [3.63, 3.8) is 0 Å². The highest BCUT2D eigenvalue weighted by Gasteiger charge is 2.51. The first-order valence-electron chi connectivity index (χ1n) is 11.5. The summed E-state index contributed by atoms with van der Waals surface area (Å²) in [5, 5.41) is 2.88. The number of benzene rings is 2. The van der Waals surface area contributed by atoms with Crippen molar-refractivity contribution in [2.45, 2.75) is 43.9 Å². The van der Waals surface area contributed by atoms with E-state index in [2.05, 4.69) is 23.6 Å². The first-order chi connectivity index (χ1) is 16.7. The highest BCUT2D eigenvalue weighted by atomic mass is 32.2. The lowest BCUT2D eigenvalue weighted by atomic mass is 9.63. The number of hydrogen-bond donors (Lipinski definition) is 1. The van der Waals surface area contributed by atoms with E-state index in [9.17, 15) is 26.4 Å². The summed E-state index contributed by atoms with van der Waals surface area (Å²) in [6.07, 6.45) is 2.25. The molecule has 0 fully saturated rings. The van der Waals surface area contributed by atoms with Gasteiger partial charge in [-0.3, -0.25) is 13.9 Å². The smallest absolute Gasteiger partial charge is 0.286 e. The number of fused-ring (bicyclic) bond motifs is 2. The maximum absolute atomic E-state index is 13.9. The predicted molar refractivity (Wildman–Crippen MR) is 139 cm³/mol. The first kappa shape index (κ1) is 26.0. The highest BCUT2D eigenvalue weighted by Crippen LogP contribution is 2.43. The Kier molecular flexibility index (Phi) is 6.37. The van der Waals surface area contributed by atoms with Crippen LogP contribution in [0.15, 0.2) is 51.8 Å². The number of amidine groups is 1. The lowest BCUT2D eigenvalue weighted by Crippen LogP contribution is -2.51. The van der Waals surface area contributed by atoms with Crippen LogP contribution in [0.1, 0.15) is 49.5 Å². The quantitative estimate of drug-likeness (QED) is 0.566. The van der Waals surface area contributed by atoms with Crippen LogP contribution >= 0.6 is 0 Å². The summed E-state index contributed by atoms with van der Waals surface area (Å²) in [5.41, 5.74) is 0.293. The van der Waals surface area contributed by atoms with Gasteiger partial charge in [0.05, 0.1) is 23.0 Å². The van der Waals surface area contributed by atoms with Gasteiger partial charge in [0, 0.05) is 12.6 Å². The first-order valence-corrected chi connectivity index (χ1v) is 14.8. The third kappa shape index (κ3) is 4.34. The summed E-state index contributed by atoms with van der Waals surface area (Å²) in [6.45, 7) is 5.91. The average Bonchev–Trinajstić information content (AvgIpc) is 2.80. The van der Waals surface area contributed by atoms with Crippen LogP contribution in [0, 0.1) is 11.8 Å². The van der Waals surface area contributed by atoms with E-state index in [0.717, 1.165) is 17.0 Å². The van der Waals surface area contributed by atoms with E-state index in [1.165, 1.54) is 25.2 Å². The van der Waals surface area contributed by atoms with Gasteiger partial charge in [0.15, 0.2) is 11.6 Å². The van der Waals surface area contributed by atoms with Crippen LogP contribution < -0.4 is 9.62 Å². The van der Waals surface area contributed by atoms with Crippen molar-refractivity contribution in [1.82, 2.24) is 0 Å².